The van der Waals surface area contributed by atoms with Crippen LogP contribution < -0.4 is 45.9 Å². The zero-order valence-electron chi connectivity index (χ0n) is 48.0. The van der Waals surface area contributed by atoms with Gasteiger partial charge in [0.2, 0.25) is 0 Å². The zero-order chi connectivity index (χ0) is 62.1. The fourth-order valence-corrected chi connectivity index (χ4v) is 11.0. The molecule has 23 nitrogen and oxygen atoms in total. The molecule has 0 unspecified atom stereocenters. The van der Waals surface area contributed by atoms with Gasteiger partial charge in [-0.3, -0.25) is 33.5 Å². The van der Waals surface area contributed by atoms with E-state index in [1.165, 1.54) is 4.57 Å². The van der Waals surface area contributed by atoms with Crippen LogP contribution >= 0.6 is 0 Å². The normalized spacial score (nSPS) is 11.3. The summed E-state index contributed by atoms with van der Waals surface area (Å²) in [6.07, 6.45) is 3.24. The van der Waals surface area contributed by atoms with Crippen molar-refractivity contribution < 1.29 is 29.1 Å². The van der Waals surface area contributed by atoms with E-state index < -0.39 is 23.6 Å². The van der Waals surface area contributed by atoms with E-state index in [1.54, 1.807) is 49.5 Å². The highest BCUT2D eigenvalue weighted by Gasteiger charge is 2.24. The fourth-order valence-electron chi connectivity index (χ4n) is 11.0. The van der Waals surface area contributed by atoms with Gasteiger partial charge in [0.15, 0.2) is 5.65 Å². The lowest BCUT2D eigenvalue weighted by Crippen LogP contribution is -2.17. The van der Waals surface area contributed by atoms with Crippen molar-refractivity contribution in [2.75, 3.05) is 29.5 Å². The number of aliphatic hydroxyl groups is 1. The van der Waals surface area contributed by atoms with Gasteiger partial charge in [0, 0.05) is 80.7 Å². The summed E-state index contributed by atoms with van der Waals surface area (Å²) in [6, 6.07) is 41.6. The summed E-state index contributed by atoms with van der Waals surface area (Å²) in [6.45, 7) is 9.64. The smallest absolute Gasteiger partial charge is 0.265 e. The Bertz CT molecular complexity index is 4920. The van der Waals surface area contributed by atoms with E-state index in [4.69, 9.17) is 51.0 Å². The summed E-state index contributed by atoms with van der Waals surface area (Å²) >= 11 is 0. The summed E-state index contributed by atoms with van der Waals surface area (Å²) < 4.78 is 7.75. The molecule has 13 aromatic rings. The molecule has 0 aliphatic carbocycles. The second kappa shape index (κ2) is 24.0. The van der Waals surface area contributed by atoms with Gasteiger partial charge in [0.05, 0.1) is 49.9 Å². The number of fused-ring (bicyclic) bond motifs is 12. The maximum atomic E-state index is 13.2. The number of anilines is 4. The SMILES string of the molecule is CC(C)n1c2ccccc2c2cc(C(N)=O)c(N)nc21.CCCn1c2ccccc2c2cc(C(N)=O)c(N)nc21.Cc1ncccc1C(=O)n1c2ccccc2c2cc(C(N)=O)c(N)nc21.NC(=O)c1cc2c3ccccc3n(CCCO)c2nc1N. The van der Waals surface area contributed by atoms with Crippen LogP contribution in [0.5, 0.6) is 0 Å². The van der Waals surface area contributed by atoms with Gasteiger partial charge in [-0.05, 0) is 94.3 Å². The van der Waals surface area contributed by atoms with Gasteiger partial charge in [0.1, 0.15) is 40.2 Å². The third-order valence-electron chi connectivity index (χ3n) is 14.9. The molecule has 0 aliphatic heterocycles. The Morgan fingerprint density at radius 3 is 1.25 bits per heavy atom. The Morgan fingerprint density at radius 2 is 0.828 bits per heavy atom. The molecule has 0 saturated heterocycles. The number of para-hydroxylation sites is 4. The summed E-state index contributed by atoms with van der Waals surface area (Å²) in [5, 5.41) is 16.2. The number of aromatic nitrogens is 9. The molecule has 23 heteroatoms. The summed E-state index contributed by atoms with van der Waals surface area (Å²) in [7, 11) is 0. The summed E-state index contributed by atoms with van der Waals surface area (Å²) in [5.41, 5.74) is 53.3. The van der Waals surface area contributed by atoms with Crippen LogP contribution in [0.2, 0.25) is 0 Å². The highest BCUT2D eigenvalue weighted by atomic mass is 16.3. The molecule has 4 aromatic carbocycles. The number of nitrogen functional groups attached to an aromatic ring is 4. The van der Waals surface area contributed by atoms with E-state index in [9.17, 15) is 24.0 Å². The van der Waals surface area contributed by atoms with Gasteiger partial charge in [0.25, 0.3) is 29.5 Å². The van der Waals surface area contributed by atoms with Crippen molar-refractivity contribution >= 4 is 141 Å². The first-order chi connectivity index (χ1) is 41.7. The third kappa shape index (κ3) is 10.8. The molecule has 0 saturated carbocycles. The van der Waals surface area contributed by atoms with Crippen LogP contribution in [0.1, 0.15) is 97.1 Å². The average Bonchev–Trinajstić information content (AvgIpc) is 1.76. The van der Waals surface area contributed by atoms with Gasteiger partial charge in [-0.15, -0.1) is 0 Å². The first kappa shape index (κ1) is 58.7. The van der Waals surface area contributed by atoms with E-state index in [0.29, 0.717) is 46.4 Å². The lowest BCUT2D eigenvalue weighted by molar-refractivity contribution is 0.0963. The Morgan fingerprint density at radius 1 is 0.460 bits per heavy atom. The zero-order valence-corrected chi connectivity index (χ0v) is 48.0. The molecule has 0 aliphatic rings. The highest BCUT2D eigenvalue weighted by Crippen LogP contribution is 2.35. The quantitative estimate of drug-likeness (QED) is 0.0588. The van der Waals surface area contributed by atoms with Gasteiger partial charge < -0.3 is 64.7 Å². The van der Waals surface area contributed by atoms with E-state index in [2.05, 4.69) is 54.8 Å². The number of nitrogens with two attached hydrogens (primary N) is 8. The first-order valence-corrected chi connectivity index (χ1v) is 27.8. The fraction of sp³-hybridized carbons (Fsp3) is 0.156. The van der Waals surface area contributed by atoms with E-state index in [0.717, 1.165) is 78.5 Å². The van der Waals surface area contributed by atoms with Crippen LogP contribution in [-0.4, -0.2) is 84.4 Å². The van der Waals surface area contributed by atoms with Gasteiger partial charge in [-0.1, -0.05) is 79.7 Å². The van der Waals surface area contributed by atoms with Crippen LogP contribution in [0.4, 0.5) is 23.3 Å². The van der Waals surface area contributed by atoms with Gasteiger partial charge >= 0.3 is 0 Å². The predicted octanol–water partition coefficient (Wildman–Crippen LogP) is 8.25. The number of primary amides is 4. The molecule has 9 heterocycles. The monoisotopic (exact) mass is 1170 g/mol. The van der Waals surface area contributed by atoms with Crippen LogP contribution in [0.25, 0.3) is 87.7 Å². The number of carbonyl (C=O) groups excluding carboxylic acids is 5. The number of carbonyl (C=O) groups is 5. The molecule has 87 heavy (non-hydrogen) atoms. The first-order valence-electron chi connectivity index (χ1n) is 27.8. The average molecular weight is 1170 g/mol. The molecule has 17 N–H and O–H groups in total. The van der Waals surface area contributed by atoms with Crippen molar-refractivity contribution in [3.05, 3.63) is 173 Å². The van der Waals surface area contributed by atoms with Crippen molar-refractivity contribution in [1.82, 2.24) is 43.2 Å². The highest BCUT2D eigenvalue weighted by molar-refractivity contribution is 6.18. The molecule has 0 radical (unpaired) electrons. The van der Waals surface area contributed by atoms with Crippen LogP contribution in [-0.2, 0) is 13.1 Å². The Balaban J connectivity index is 0.000000129. The third-order valence-corrected chi connectivity index (χ3v) is 14.9. The molecule has 0 atom stereocenters. The maximum absolute atomic E-state index is 13.2. The number of aryl methyl sites for hydroxylation is 3. The predicted molar refractivity (Wildman–Crippen MR) is 342 cm³/mol. The number of pyridine rings is 5. The van der Waals surface area contributed by atoms with Crippen LogP contribution in [0.15, 0.2) is 140 Å². The largest absolute Gasteiger partial charge is 0.396 e. The van der Waals surface area contributed by atoms with E-state index in [-0.39, 0.29) is 64.1 Å². The summed E-state index contributed by atoms with van der Waals surface area (Å²) in [4.78, 5) is 80.8. The molecule has 0 spiro atoms. The number of amides is 4. The molecular weight excluding hydrogens is 1100 g/mol. The van der Waals surface area contributed by atoms with Crippen molar-refractivity contribution in [3.63, 3.8) is 0 Å². The molecule has 9 aromatic heterocycles. The molecule has 13 rings (SSSR count). The van der Waals surface area contributed by atoms with Crippen molar-refractivity contribution in [3.8, 4) is 0 Å². The Kier molecular flexibility index (Phi) is 16.2. The number of nitrogens with zero attached hydrogens (tertiary/aromatic N) is 9. The van der Waals surface area contributed by atoms with E-state index >= 15 is 0 Å². The molecule has 0 bridgehead atoms. The topological polar surface area (TPSA) is 398 Å². The lowest BCUT2D eigenvalue weighted by atomic mass is 10.1. The van der Waals surface area contributed by atoms with Gasteiger partial charge in [-0.2, -0.15) is 0 Å². The number of benzene rings is 4. The maximum Gasteiger partial charge on any atom is 0.265 e. The lowest BCUT2D eigenvalue weighted by Gasteiger charge is -2.11. The van der Waals surface area contributed by atoms with Crippen LogP contribution in [0, 0.1) is 6.92 Å². The molecule has 0 fully saturated rings. The van der Waals surface area contributed by atoms with Crippen molar-refractivity contribution in [1.29, 1.82) is 0 Å². The molecule has 4 amide bonds. The van der Waals surface area contributed by atoms with Crippen molar-refractivity contribution in [2.45, 2.75) is 59.7 Å². The minimum absolute atomic E-state index is 0.00948. The standard InChI is InChI=1S/C19H15N5O2.C15H16N4O2.2C15H16N4O/c1-10-11(6-4-8-22-10)19(26)24-15-7-3-2-5-12(15)13-9-14(17(21)25)16(20)23-18(13)24;16-13-11(14(17)21)8-10-9-4-1-2-5-12(9)19(6-3-7-20)15(10)18-13;1-8(2)19-12-6-4-3-5-9(12)10-7-11(14(17)20)13(16)18-15(10)19;1-2-7-19-12-6-4-3-5-9(12)10-8-11(14(17)20)13(16)18-15(10)19/h2-9H,1H3,(H2,20,23)(H2,21,25);1-2,4-5,8,20H,3,6-7H2,(H2,16,18)(H2,17,21);3-8H,1-2H3,(H2,16,18)(H2,17,20);3-6,8H,2,7H2,1H3,(H2,16,18)(H2,17,20). The van der Waals surface area contributed by atoms with Gasteiger partial charge in [-0.25, -0.2) is 19.9 Å². The van der Waals surface area contributed by atoms with Crippen molar-refractivity contribution in [2.24, 2.45) is 22.9 Å². The van der Waals surface area contributed by atoms with Crippen LogP contribution in [0.3, 0.4) is 0 Å². The summed E-state index contributed by atoms with van der Waals surface area (Å²) in [5.74, 6) is -2.15. The molecule has 440 valence electrons. The number of hydrogen-bond acceptors (Lipinski definition) is 15. The molecular formula is C64H63N17O6. The number of rotatable bonds is 11. The minimum Gasteiger partial charge on any atom is -0.396 e. The second-order valence-electron chi connectivity index (χ2n) is 20.8. The minimum atomic E-state index is -0.664. The Labute approximate surface area is 496 Å². The van der Waals surface area contributed by atoms with E-state index in [1.807, 2.05) is 102 Å². The number of aliphatic hydroxyl groups excluding tert-OH is 1. The Hall–Kier alpha value is -11.5. The number of hydrogen-bond donors (Lipinski definition) is 9. The second-order valence-corrected chi connectivity index (χ2v) is 20.8.